The second-order valence-corrected chi connectivity index (χ2v) is 5.48. The standard InChI is InChI=1S/C15H27N3O4/c1-10(2)6-5-7-17-14(21)12(19)13(20)15(22)18-9-8-16-11(3)4/h10-13,16,19-20H,7-9H2,1-4H3,(H,17,21)(H,18,22). The van der Waals surface area contributed by atoms with E-state index in [1.54, 1.807) is 0 Å². The van der Waals surface area contributed by atoms with E-state index in [1.165, 1.54) is 0 Å². The second-order valence-electron chi connectivity index (χ2n) is 5.48. The molecular weight excluding hydrogens is 286 g/mol. The Morgan fingerprint density at radius 1 is 0.955 bits per heavy atom. The monoisotopic (exact) mass is 313 g/mol. The van der Waals surface area contributed by atoms with Crippen molar-refractivity contribution in [1.82, 2.24) is 16.0 Å². The molecule has 2 amide bonds. The molecule has 0 saturated heterocycles. The second kappa shape index (κ2) is 11.0. The molecule has 0 rings (SSSR count). The molecule has 2 atom stereocenters. The van der Waals surface area contributed by atoms with Gasteiger partial charge in [-0.15, -0.1) is 0 Å². The summed E-state index contributed by atoms with van der Waals surface area (Å²) in [5.74, 6) is 4.10. The van der Waals surface area contributed by atoms with Crippen molar-refractivity contribution in [2.24, 2.45) is 5.92 Å². The van der Waals surface area contributed by atoms with Gasteiger partial charge in [0.1, 0.15) is 0 Å². The Labute approximate surface area is 131 Å². The molecule has 0 heterocycles. The van der Waals surface area contributed by atoms with Crippen molar-refractivity contribution in [1.29, 1.82) is 0 Å². The average Bonchev–Trinajstić information content (AvgIpc) is 2.45. The molecular formula is C15H27N3O4. The molecule has 5 N–H and O–H groups in total. The first-order chi connectivity index (χ1) is 10.3. The van der Waals surface area contributed by atoms with Gasteiger partial charge in [0.25, 0.3) is 11.8 Å². The third-order valence-electron chi connectivity index (χ3n) is 2.55. The van der Waals surface area contributed by atoms with E-state index in [0.717, 1.165) is 0 Å². The van der Waals surface area contributed by atoms with Crippen molar-refractivity contribution in [3.05, 3.63) is 0 Å². The number of carbonyl (C=O) groups is 2. The summed E-state index contributed by atoms with van der Waals surface area (Å²) >= 11 is 0. The van der Waals surface area contributed by atoms with E-state index < -0.39 is 24.0 Å². The molecule has 0 aromatic carbocycles. The molecule has 0 fully saturated rings. The molecule has 2 unspecified atom stereocenters. The van der Waals surface area contributed by atoms with Crippen LogP contribution >= 0.6 is 0 Å². The van der Waals surface area contributed by atoms with Gasteiger partial charge in [-0.2, -0.15) is 0 Å². The lowest BCUT2D eigenvalue weighted by atomic mass is 10.1. The van der Waals surface area contributed by atoms with Crippen LogP contribution in [-0.2, 0) is 9.59 Å². The SMILES string of the molecule is CC(C)C#CCNC(=O)C(O)C(O)C(=O)NCCNC(C)C. The lowest BCUT2D eigenvalue weighted by Crippen LogP contribution is -2.50. The predicted octanol–water partition coefficient (Wildman–Crippen LogP) is -1.40. The largest absolute Gasteiger partial charge is 0.380 e. The van der Waals surface area contributed by atoms with Crippen LogP contribution in [0.5, 0.6) is 0 Å². The summed E-state index contributed by atoms with van der Waals surface area (Å²) in [7, 11) is 0. The summed E-state index contributed by atoms with van der Waals surface area (Å²) in [6, 6.07) is 0.283. The molecule has 0 saturated carbocycles. The van der Waals surface area contributed by atoms with Crippen molar-refractivity contribution in [2.45, 2.75) is 45.9 Å². The van der Waals surface area contributed by atoms with Gasteiger partial charge in [0.15, 0.2) is 12.2 Å². The van der Waals surface area contributed by atoms with Crippen LogP contribution in [0.1, 0.15) is 27.7 Å². The quantitative estimate of drug-likeness (QED) is 0.280. The van der Waals surface area contributed by atoms with E-state index >= 15 is 0 Å². The maximum Gasteiger partial charge on any atom is 0.252 e. The maximum atomic E-state index is 11.6. The van der Waals surface area contributed by atoms with Crippen LogP contribution in [0.3, 0.4) is 0 Å². The minimum atomic E-state index is -1.82. The number of nitrogens with one attached hydrogen (secondary N) is 3. The Morgan fingerprint density at radius 3 is 2.00 bits per heavy atom. The number of hydrogen-bond acceptors (Lipinski definition) is 5. The Bertz CT molecular complexity index is 413. The molecule has 0 aromatic rings. The summed E-state index contributed by atoms with van der Waals surface area (Å²) in [6.07, 6.45) is -3.63. The highest BCUT2D eigenvalue weighted by Crippen LogP contribution is 1.94. The molecule has 0 spiro atoms. The number of aliphatic hydroxyl groups is 2. The Hall–Kier alpha value is -1.62. The summed E-state index contributed by atoms with van der Waals surface area (Å²) in [5.41, 5.74) is 0. The van der Waals surface area contributed by atoms with Crippen LogP contribution in [0, 0.1) is 17.8 Å². The summed E-state index contributed by atoms with van der Waals surface area (Å²) < 4.78 is 0. The lowest BCUT2D eigenvalue weighted by molar-refractivity contribution is -0.145. The van der Waals surface area contributed by atoms with Gasteiger partial charge in [-0.25, -0.2) is 0 Å². The molecule has 0 aromatic heterocycles. The predicted molar refractivity (Wildman–Crippen MR) is 83.8 cm³/mol. The zero-order valence-corrected chi connectivity index (χ0v) is 13.6. The van der Waals surface area contributed by atoms with Gasteiger partial charge in [0.2, 0.25) is 0 Å². The third-order valence-corrected chi connectivity index (χ3v) is 2.55. The van der Waals surface area contributed by atoms with E-state index in [0.29, 0.717) is 13.1 Å². The van der Waals surface area contributed by atoms with E-state index in [4.69, 9.17) is 0 Å². The average molecular weight is 313 g/mol. The van der Waals surface area contributed by atoms with Gasteiger partial charge >= 0.3 is 0 Å². The smallest absolute Gasteiger partial charge is 0.252 e. The van der Waals surface area contributed by atoms with E-state index in [2.05, 4.69) is 27.8 Å². The van der Waals surface area contributed by atoms with Crippen LogP contribution in [0.15, 0.2) is 0 Å². The zero-order valence-electron chi connectivity index (χ0n) is 13.6. The van der Waals surface area contributed by atoms with Gasteiger partial charge in [-0.1, -0.05) is 39.5 Å². The first kappa shape index (κ1) is 20.4. The topological polar surface area (TPSA) is 111 Å². The van der Waals surface area contributed by atoms with Crippen LogP contribution in [0.25, 0.3) is 0 Å². The molecule has 0 aliphatic carbocycles. The Kier molecular flexibility index (Phi) is 10.2. The minimum Gasteiger partial charge on any atom is -0.380 e. The van der Waals surface area contributed by atoms with E-state index in [1.807, 2.05) is 27.7 Å². The Balaban J connectivity index is 4.12. The van der Waals surface area contributed by atoms with Crippen molar-refractivity contribution >= 4 is 11.8 Å². The molecule has 0 bridgehead atoms. The van der Waals surface area contributed by atoms with Crippen molar-refractivity contribution < 1.29 is 19.8 Å². The zero-order chi connectivity index (χ0) is 17.1. The van der Waals surface area contributed by atoms with Crippen LogP contribution < -0.4 is 16.0 Å². The number of aliphatic hydroxyl groups excluding tert-OH is 2. The lowest BCUT2D eigenvalue weighted by Gasteiger charge is -2.17. The number of carbonyl (C=O) groups excluding carboxylic acids is 2. The first-order valence-corrected chi connectivity index (χ1v) is 7.39. The number of amides is 2. The van der Waals surface area contributed by atoms with Crippen LogP contribution in [0.4, 0.5) is 0 Å². The molecule has 22 heavy (non-hydrogen) atoms. The summed E-state index contributed by atoms with van der Waals surface area (Å²) in [5, 5.41) is 27.1. The number of hydrogen-bond donors (Lipinski definition) is 5. The van der Waals surface area contributed by atoms with Gasteiger partial charge < -0.3 is 26.2 Å². The van der Waals surface area contributed by atoms with Gasteiger partial charge in [0.05, 0.1) is 6.54 Å². The fourth-order valence-electron chi connectivity index (χ4n) is 1.43. The maximum absolute atomic E-state index is 11.6. The number of rotatable bonds is 8. The van der Waals surface area contributed by atoms with Crippen molar-refractivity contribution in [3.8, 4) is 11.8 Å². The van der Waals surface area contributed by atoms with Gasteiger partial charge in [-0.05, 0) is 0 Å². The van der Waals surface area contributed by atoms with Crippen LogP contribution in [-0.4, -0.2) is 59.9 Å². The molecule has 0 aliphatic rings. The normalized spacial score (nSPS) is 13.3. The Morgan fingerprint density at radius 2 is 1.50 bits per heavy atom. The highest BCUT2D eigenvalue weighted by atomic mass is 16.3. The molecule has 0 aliphatic heterocycles. The van der Waals surface area contributed by atoms with E-state index in [-0.39, 0.29) is 18.5 Å². The highest BCUT2D eigenvalue weighted by molar-refractivity contribution is 5.90. The van der Waals surface area contributed by atoms with Gasteiger partial charge in [0, 0.05) is 25.0 Å². The van der Waals surface area contributed by atoms with Crippen molar-refractivity contribution in [2.75, 3.05) is 19.6 Å². The first-order valence-electron chi connectivity index (χ1n) is 7.39. The summed E-state index contributed by atoms with van der Waals surface area (Å²) in [6.45, 7) is 8.63. The fourth-order valence-corrected chi connectivity index (χ4v) is 1.43. The minimum absolute atomic E-state index is 0.0563. The van der Waals surface area contributed by atoms with Gasteiger partial charge in [-0.3, -0.25) is 9.59 Å². The van der Waals surface area contributed by atoms with Crippen LogP contribution in [0.2, 0.25) is 0 Å². The molecule has 7 heteroatoms. The fraction of sp³-hybridized carbons (Fsp3) is 0.733. The highest BCUT2D eigenvalue weighted by Gasteiger charge is 2.29. The summed E-state index contributed by atoms with van der Waals surface area (Å²) in [4.78, 5) is 23.2. The van der Waals surface area contributed by atoms with E-state index in [9.17, 15) is 19.8 Å². The molecule has 0 radical (unpaired) electrons. The molecule has 7 nitrogen and oxygen atoms in total. The van der Waals surface area contributed by atoms with Crippen molar-refractivity contribution in [3.63, 3.8) is 0 Å². The third kappa shape index (κ3) is 9.34. The molecule has 126 valence electrons.